The van der Waals surface area contributed by atoms with Gasteiger partial charge in [0.15, 0.2) is 0 Å². The zero-order chi connectivity index (χ0) is 18.3. The molecular formula is C19H13BrN4O2. The van der Waals surface area contributed by atoms with Crippen molar-refractivity contribution in [1.29, 1.82) is 0 Å². The Morgan fingerprint density at radius 1 is 1.00 bits per heavy atom. The van der Waals surface area contributed by atoms with E-state index in [4.69, 9.17) is 5.73 Å². The molecule has 0 spiro atoms. The number of carbonyl (C=O) groups is 2. The Morgan fingerprint density at radius 2 is 1.69 bits per heavy atom. The quantitative estimate of drug-likeness (QED) is 0.503. The smallest absolute Gasteiger partial charge is 0.264 e. The number of benzene rings is 2. The fourth-order valence-corrected chi connectivity index (χ4v) is 3.23. The van der Waals surface area contributed by atoms with Crippen LogP contribution in [0.3, 0.4) is 0 Å². The van der Waals surface area contributed by atoms with E-state index < -0.39 is 11.8 Å². The van der Waals surface area contributed by atoms with Gasteiger partial charge >= 0.3 is 0 Å². The molecule has 2 aromatic carbocycles. The Balaban J connectivity index is 1.93. The topological polar surface area (TPSA) is 90.0 Å². The number of hydrogen-bond acceptors (Lipinski definition) is 4. The first-order valence-electron chi connectivity index (χ1n) is 7.82. The third kappa shape index (κ3) is 2.62. The summed E-state index contributed by atoms with van der Waals surface area (Å²) in [6, 6.07) is 16.7. The van der Waals surface area contributed by atoms with Crippen molar-refractivity contribution in [2.24, 2.45) is 0 Å². The summed E-state index contributed by atoms with van der Waals surface area (Å²) in [4.78, 5) is 24.8. The molecule has 4 rings (SSSR count). The lowest BCUT2D eigenvalue weighted by Crippen LogP contribution is -2.36. The van der Waals surface area contributed by atoms with Crippen LogP contribution in [0.5, 0.6) is 0 Å². The van der Waals surface area contributed by atoms with E-state index in [2.05, 4.69) is 26.3 Å². The Labute approximate surface area is 157 Å². The van der Waals surface area contributed by atoms with Crippen molar-refractivity contribution in [1.82, 2.24) is 15.1 Å². The second-order valence-electron chi connectivity index (χ2n) is 5.72. The first kappa shape index (κ1) is 16.3. The molecule has 2 heterocycles. The van der Waals surface area contributed by atoms with Crippen molar-refractivity contribution in [2.75, 3.05) is 5.73 Å². The zero-order valence-electron chi connectivity index (χ0n) is 13.4. The molecule has 0 bridgehead atoms. The van der Waals surface area contributed by atoms with E-state index in [0.717, 1.165) is 10.0 Å². The van der Waals surface area contributed by atoms with Crippen molar-refractivity contribution in [2.45, 2.75) is 0 Å². The molecule has 7 heteroatoms. The van der Waals surface area contributed by atoms with Gasteiger partial charge in [0.05, 0.1) is 11.3 Å². The van der Waals surface area contributed by atoms with Gasteiger partial charge in [-0.2, -0.15) is 5.10 Å². The molecule has 2 amide bonds. The van der Waals surface area contributed by atoms with Crippen LogP contribution in [0, 0.1) is 0 Å². The summed E-state index contributed by atoms with van der Waals surface area (Å²) in [5.74, 6) is -0.862. The Kier molecular flexibility index (Phi) is 3.93. The maximum atomic E-state index is 12.4. The lowest BCUT2D eigenvalue weighted by molar-refractivity contribution is -0.114. The molecule has 26 heavy (non-hydrogen) atoms. The van der Waals surface area contributed by atoms with Gasteiger partial charge in [-0.05, 0) is 29.8 Å². The van der Waals surface area contributed by atoms with E-state index in [9.17, 15) is 9.59 Å². The highest BCUT2D eigenvalue weighted by atomic mass is 79.9. The summed E-state index contributed by atoms with van der Waals surface area (Å²) in [5, 5.41) is 6.79. The summed E-state index contributed by atoms with van der Waals surface area (Å²) in [6.45, 7) is 0. The predicted octanol–water partition coefficient (Wildman–Crippen LogP) is 3.03. The highest BCUT2D eigenvalue weighted by Crippen LogP contribution is 2.32. The number of anilines is 1. The largest absolute Gasteiger partial charge is 0.383 e. The molecule has 6 nitrogen and oxygen atoms in total. The van der Waals surface area contributed by atoms with Crippen molar-refractivity contribution >= 4 is 45.2 Å². The predicted molar refractivity (Wildman–Crippen MR) is 102 cm³/mol. The van der Waals surface area contributed by atoms with Crippen LogP contribution in [0.25, 0.3) is 17.3 Å². The molecule has 1 aromatic heterocycles. The number of amides is 2. The second-order valence-corrected chi connectivity index (χ2v) is 6.57. The van der Waals surface area contributed by atoms with E-state index in [-0.39, 0.29) is 22.6 Å². The minimum atomic E-state index is -0.547. The van der Waals surface area contributed by atoms with E-state index >= 15 is 0 Å². The number of imide groups is 1. The number of nitrogen functional groups attached to an aromatic ring is 1. The van der Waals surface area contributed by atoms with Crippen LogP contribution < -0.4 is 11.1 Å². The fraction of sp³-hybridized carbons (Fsp3) is 0. The third-order valence-corrected chi connectivity index (χ3v) is 4.80. The molecule has 3 N–H and O–H groups in total. The lowest BCUT2D eigenvalue weighted by atomic mass is 10.00. The molecule has 0 saturated heterocycles. The number of nitrogens with two attached hydrogens (primary N) is 1. The summed E-state index contributed by atoms with van der Waals surface area (Å²) in [5.41, 5.74) is 8.43. The Bertz CT molecular complexity index is 1070. The zero-order valence-corrected chi connectivity index (χ0v) is 15.0. The van der Waals surface area contributed by atoms with Crippen LogP contribution in [-0.4, -0.2) is 21.6 Å². The Morgan fingerprint density at radius 3 is 2.42 bits per heavy atom. The van der Waals surface area contributed by atoms with Crippen LogP contribution in [0.1, 0.15) is 21.6 Å². The highest BCUT2D eigenvalue weighted by Gasteiger charge is 2.34. The minimum Gasteiger partial charge on any atom is -0.383 e. The number of para-hydroxylation sites is 1. The summed E-state index contributed by atoms with van der Waals surface area (Å²) in [7, 11) is 0. The molecular weight excluding hydrogens is 396 g/mol. The van der Waals surface area contributed by atoms with Crippen molar-refractivity contribution < 1.29 is 9.59 Å². The molecule has 0 aliphatic carbocycles. The number of halogens is 1. The molecule has 3 aromatic rings. The van der Waals surface area contributed by atoms with Crippen LogP contribution in [0.2, 0.25) is 0 Å². The van der Waals surface area contributed by atoms with E-state index in [1.165, 1.54) is 4.68 Å². The Hall–Kier alpha value is -3.19. The summed E-state index contributed by atoms with van der Waals surface area (Å²) < 4.78 is 2.30. The standard InChI is InChI=1S/C19H13BrN4O2/c20-14-9-5-4-6-11(14)10-13-16-15(19(26)22-18(13)25)17(21)24(23-16)12-7-2-1-3-8-12/h1-10H,21H2,(H,22,25,26)/b13-10+. The average molecular weight is 409 g/mol. The third-order valence-electron chi connectivity index (χ3n) is 4.08. The molecule has 1 aliphatic rings. The number of carbonyl (C=O) groups excluding carboxylic acids is 2. The average Bonchev–Trinajstić information content (AvgIpc) is 2.98. The molecule has 1 aliphatic heterocycles. The van der Waals surface area contributed by atoms with Gasteiger partial charge in [-0.1, -0.05) is 52.3 Å². The van der Waals surface area contributed by atoms with Gasteiger partial charge in [0.2, 0.25) is 0 Å². The van der Waals surface area contributed by atoms with Gasteiger partial charge in [0, 0.05) is 4.47 Å². The number of aromatic nitrogens is 2. The normalized spacial score (nSPS) is 15.0. The van der Waals surface area contributed by atoms with Gasteiger partial charge in [-0.15, -0.1) is 0 Å². The maximum Gasteiger partial charge on any atom is 0.264 e. The van der Waals surface area contributed by atoms with Gasteiger partial charge < -0.3 is 5.73 Å². The van der Waals surface area contributed by atoms with E-state index in [0.29, 0.717) is 5.69 Å². The highest BCUT2D eigenvalue weighted by molar-refractivity contribution is 9.10. The van der Waals surface area contributed by atoms with Crippen molar-refractivity contribution in [3.05, 3.63) is 75.9 Å². The first-order valence-corrected chi connectivity index (χ1v) is 8.62. The summed E-state index contributed by atoms with van der Waals surface area (Å²) in [6.07, 6.45) is 1.69. The number of nitrogens with one attached hydrogen (secondary N) is 1. The van der Waals surface area contributed by atoms with Crippen LogP contribution >= 0.6 is 15.9 Å². The molecule has 0 saturated carbocycles. The van der Waals surface area contributed by atoms with Gasteiger partial charge in [-0.25, -0.2) is 4.68 Å². The van der Waals surface area contributed by atoms with Gasteiger partial charge in [0.1, 0.15) is 17.1 Å². The van der Waals surface area contributed by atoms with Crippen LogP contribution in [0.15, 0.2) is 59.1 Å². The minimum absolute atomic E-state index is 0.189. The first-order chi connectivity index (χ1) is 12.6. The van der Waals surface area contributed by atoms with E-state index in [1.54, 1.807) is 6.08 Å². The summed E-state index contributed by atoms with van der Waals surface area (Å²) >= 11 is 3.46. The monoisotopic (exact) mass is 408 g/mol. The maximum absolute atomic E-state index is 12.4. The number of fused-ring (bicyclic) bond motifs is 1. The molecule has 0 fully saturated rings. The molecule has 0 unspecified atom stereocenters. The molecule has 0 radical (unpaired) electrons. The van der Waals surface area contributed by atoms with Crippen molar-refractivity contribution in [3.63, 3.8) is 0 Å². The van der Waals surface area contributed by atoms with Crippen LogP contribution in [-0.2, 0) is 4.79 Å². The van der Waals surface area contributed by atoms with Crippen LogP contribution in [0.4, 0.5) is 5.82 Å². The molecule has 128 valence electrons. The number of nitrogens with zero attached hydrogens (tertiary/aromatic N) is 2. The SMILES string of the molecule is Nc1c2c(nn1-c1ccccc1)/C(=C\c1ccccc1Br)C(=O)NC2=O. The fourth-order valence-electron chi connectivity index (χ4n) is 2.83. The molecule has 0 atom stereocenters. The number of hydrogen-bond donors (Lipinski definition) is 2. The second kappa shape index (κ2) is 6.27. The lowest BCUT2D eigenvalue weighted by Gasteiger charge is -2.13. The van der Waals surface area contributed by atoms with Gasteiger partial charge in [-0.3, -0.25) is 14.9 Å². The van der Waals surface area contributed by atoms with Gasteiger partial charge in [0.25, 0.3) is 11.8 Å². The number of rotatable bonds is 2. The van der Waals surface area contributed by atoms with E-state index in [1.807, 2.05) is 54.6 Å². The van der Waals surface area contributed by atoms with Crippen molar-refractivity contribution in [3.8, 4) is 5.69 Å².